The van der Waals surface area contributed by atoms with E-state index in [1.54, 1.807) is 6.92 Å². The predicted octanol–water partition coefficient (Wildman–Crippen LogP) is 2.52. The number of halogens is 2. The molecular weight excluding hydrogens is 318 g/mol. The predicted molar refractivity (Wildman–Crippen MR) is 78.6 cm³/mol. The van der Waals surface area contributed by atoms with E-state index >= 15 is 0 Å². The molecule has 2 rings (SSSR count). The Bertz CT molecular complexity index is 731. The molecule has 0 saturated carbocycles. The fraction of sp³-hybridized carbons (Fsp3) is 0.231. The van der Waals surface area contributed by atoms with Gasteiger partial charge in [0.1, 0.15) is 16.4 Å². The van der Waals surface area contributed by atoms with Crippen LogP contribution in [-0.4, -0.2) is 14.5 Å². The summed E-state index contributed by atoms with van der Waals surface area (Å²) in [5.41, 5.74) is 4.38. The molecule has 0 amide bonds. The van der Waals surface area contributed by atoms with E-state index in [-0.39, 0.29) is 0 Å². The van der Waals surface area contributed by atoms with Crippen molar-refractivity contribution in [1.82, 2.24) is 4.72 Å². The van der Waals surface area contributed by atoms with E-state index in [9.17, 15) is 17.2 Å². The van der Waals surface area contributed by atoms with Crippen molar-refractivity contribution in [3.05, 3.63) is 46.2 Å². The highest BCUT2D eigenvalue weighted by Gasteiger charge is 2.24. The summed E-state index contributed by atoms with van der Waals surface area (Å²) in [5, 5.41) is 1.89. The van der Waals surface area contributed by atoms with Crippen LogP contribution >= 0.6 is 11.3 Å². The summed E-state index contributed by atoms with van der Waals surface area (Å²) in [4.78, 5) is 0.351. The van der Waals surface area contributed by atoms with Gasteiger partial charge >= 0.3 is 0 Å². The van der Waals surface area contributed by atoms with Crippen molar-refractivity contribution < 1.29 is 17.2 Å². The average molecular weight is 332 g/mol. The van der Waals surface area contributed by atoms with Crippen molar-refractivity contribution in [2.75, 3.05) is 5.73 Å². The van der Waals surface area contributed by atoms with Gasteiger partial charge < -0.3 is 5.73 Å². The monoisotopic (exact) mass is 332 g/mol. The zero-order valence-electron chi connectivity index (χ0n) is 11.1. The van der Waals surface area contributed by atoms with Crippen molar-refractivity contribution in [3.63, 3.8) is 0 Å². The van der Waals surface area contributed by atoms with Crippen molar-refractivity contribution in [3.8, 4) is 0 Å². The second kappa shape index (κ2) is 6.08. The third-order valence-corrected chi connectivity index (χ3v) is 5.33. The molecule has 0 radical (unpaired) electrons. The van der Waals surface area contributed by atoms with Crippen molar-refractivity contribution >= 4 is 27.0 Å². The molecule has 0 aliphatic heterocycles. The van der Waals surface area contributed by atoms with Crippen LogP contribution in [0.15, 0.2) is 34.5 Å². The van der Waals surface area contributed by atoms with Crippen LogP contribution in [0, 0.1) is 11.6 Å². The number of hydrogen-bond acceptors (Lipinski definition) is 4. The number of hydrogen-bond donors (Lipinski definition) is 2. The Morgan fingerprint density at radius 2 is 2.05 bits per heavy atom. The first-order valence-electron chi connectivity index (χ1n) is 6.09. The van der Waals surface area contributed by atoms with Gasteiger partial charge in [-0.25, -0.2) is 21.9 Å². The molecule has 0 saturated heterocycles. The van der Waals surface area contributed by atoms with Gasteiger partial charge in [-0.1, -0.05) is 6.07 Å². The van der Waals surface area contributed by atoms with Gasteiger partial charge in [0, 0.05) is 10.9 Å². The highest BCUT2D eigenvalue weighted by atomic mass is 32.2. The largest absolute Gasteiger partial charge is 0.394 e. The summed E-state index contributed by atoms with van der Waals surface area (Å²) in [5.74, 6) is -2.26. The normalized spacial score (nSPS) is 13.3. The summed E-state index contributed by atoms with van der Waals surface area (Å²) >= 11 is 1.50. The Labute approximate surface area is 125 Å². The molecule has 1 atom stereocenters. The summed E-state index contributed by atoms with van der Waals surface area (Å²) < 4.78 is 53.5. The van der Waals surface area contributed by atoms with E-state index in [0.717, 1.165) is 17.0 Å². The second-order valence-electron chi connectivity index (χ2n) is 4.58. The second-order valence-corrected chi connectivity index (χ2v) is 7.29. The minimum absolute atomic E-state index is 0.431. The van der Waals surface area contributed by atoms with Crippen molar-refractivity contribution in [1.29, 1.82) is 0 Å². The molecule has 2 aromatic rings. The van der Waals surface area contributed by atoms with E-state index in [2.05, 4.69) is 4.72 Å². The van der Waals surface area contributed by atoms with Gasteiger partial charge in [0.25, 0.3) is 0 Å². The van der Waals surface area contributed by atoms with E-state index in [1.807, 2.05) is 17.5 Å². The van der Waals surface area contributed by atoms with Crippen LogP contribution in [0.4, 0.5) is 14.5 Å². The van der Waals surface area contributed by atoms with Gasteiger partial charge in [-0.3, -0.25) is 0 Å². The van der Waals surface area contributed by atoms with E-state index in [0.29, 0.717) is 6.42 Å². The summed E-state index contributed by atoms with van der Waals surface area (Å²) in [6.07, 6.45) is 0.481. The maximum atomic E-state index is 13.8. The molecule has 0 aliphatic carbocycles. The van der Waals surface area contributed by atoms with Gasteiger partial charge in [0.2, 0.25) is 10.0 Å². The molecule has 1 aromatic heterocycles. The lowest BCUT2D eigenvalue weighted by atomic mass is 10.2. The first kappa shape index (κ1) is 15.9. The molecule has 3 N–H and O–H groups in total. The standard InChI is InChI=1S/C13H14F2N2O2S2/c1-8(7-9-3-2-6-20-9)17-21(18,19)11-5-4-10(14)13(16)12(11)15/h2-6,8,17H,7,16H2,1H3. The minimum Gasteiger partial charge on any atom is -0.394 e. The van der Waals surface area contributed by atoms with Gasteiger partial charge in [-0.05, 0) is 36.9 Å². The van der Waals surface area contributed by atoms with Gasteiger partial charge in [0.15, 0.2) is 5.82 Å². The number of thiophene rings is 1. The third-order valence-electron chi connectivity index (χ3n) is 2.82. The Kier molecular flexibility index (Phi) is 4.60. The number of benzene rings is 1. The molecule has 1 heterocycles. The molecule has 1 unspecified atom stereocenters. The van der Waals surface area contributed by atoms with Gasteiger partial charge in [-0.15, -0.1) is 11.3 Å². The summed E-state index contributed by atoms with van der Waals surface area (Å²) in [6, 6.07) is 5.00. The number of rotatable bonds is 5. The summed E-state index contributed by atoms with van der Waals surface area (Å²) in [7, 11) is -4.10. The van der Waals surface area contributed by atoms with Crippen LogP contribution in [0.3, 0.4) is 0 Å². The molecule has 4 nitrogen and oxygen atoms in total. The molecule has 0 bridgehead atoms. The van der Waals surface area contributed by atoms with E-state index in [1.165, 1.54) is 11.3 Å². The molecular formula is C13H14F2N2O2S2. The highest BCUT2D eigenvalue weighted by molar-refractivity contribution is 7.89. The van der Waals surface area contributed by atoms with Crippen molar-refractivity contribution in [2.24, 2.45) is 0 Å². The molecule has 21 heavy (non-hydrogen) atoms. The quantitative estimate of drug-likeness (QED) is 0.827. The molecule has 0 aliphatic rings. The first-order chi connectivity index (χ1) is 9.81. The Hall–Kier alpha value is -1.51. The number of nitrogens with two attached hydrogens (primary N) is 1. The van der Waals surface area contributed by atoms with Crippen molar-refractivity contribution in [2.45, 2.75) is 24.3 Å². The van der Waals surface area contributed by atoms with E-state index in [4.69, 9.17) is 5.73 Å². The zero-order valence-corrected chi connectivity index (χ0v) is 12.8. The Balaban J connectivity index is 2.20. The van der Waals surface area contributed by atoms with Crippen LogP contribution < -0.4 is 10.5 Å². The van der Waals surface area contributed by atoms with Crippen LogP contribution in [0.5, 0.6) is 0 Å². The zero-order chi connectivity index (χ0) is 15.6. The maximum absolute atomic E-state index is 13.8. The maximum Gasteiger partial charge on any atom is 0.243 e. The first-order valence-corrected chi connectivity index (χ1v) is 8.45. The lowest BCUT2D eigenvalue weighted by molar-refractivity contribution is 0.537. The fourth-order valence-corrected chi connectivity index (χ4v) is 4.03. The van der Waals surface area contributed by atoms with Crippen LogP contribution in [0.25, 0.3) is 0 Å². The highest BCUT2D eigenvalue weighted by Crippen LogP contribution is 2.23. The number of nitrogen functional groups attached to an aromatic ring is 1. The lowest BCUT2D eigenvalue weighted by Crippen LogP contribution is -2.34. The number of nitrogens with one attached hydrogen (secondary N) is 1. The van der Waals surface area contributed by atoms with Gasteiger partial charge in [-0.2, -0.15) is 0 Å². The van der Waals surface area contributed by atoms with E-state index < -0.39 is 38.3 Å². The molecule has 1 aromatic carbocycles. The molecule has 114 valence electrons. The topological polar surface area (TPSA) is 72.2 Å². The summed E-state index contributed by atoms with van der Waals surface area (Å²) in [6.45, 7) is 1.67. The average Bonchev–Trinajstić information content (AvgIpc) is 2.87. The minimum atomic E-state index is -4.10. The molecule has 0 fully saturated rings. The van der Waals surface area contributed by atoms with Gasteiger partial charge in [0.05, 0.1) is 0 Å². The lowest BCUT2D eigenvalue weighted by Gasteiger charge is -2.14. The molecule has 8 heteroatoms. The Morgan fingerprint density at radius 1 is 1.33 bits per heavy atom. The Morgan fingerprint density at radius 3 is 2.67 bits per heavy atom. The van der Waals surface area contributed by atoms with Crippen LogP contribution in [0.2, 0.25) is 0 Å². The molecule has 0 spiro atoms. The van der Waals surface area contributed by atoms with Crippen LogP contribution in [-0.2, 0) is 16.4 Å². The SMILES string of the molecule is CC(Cc1cccs1)NS(=O)(=O)c1ccc(F)c(N)c1F. The van der Waals surface area contributed by atoms with Crippen LogP contribution in [0.1, 0.15) is 11.8 Å². The number of sulfonamides is 1. The smallest absolute Gasteiger partial charge is 0.243 e. The number of anilines is 1. The third kappa shape index (κ3) is 3.58. The fourth-order valence-electron chi connectivity index (χ4n) is 1.86.